The van der Waals surface area contributed by atoms with Gasteiger partial charge in [0.25, 0.3) is 0 Å². The standard InChI is InChI=1S/C42H82O5.C8H15NO2/c1-34(2)28-30-38(36(5)6)32-46-41(43)26-22-18-14-10-12-16-20-24-40(45-9)25-21-17-13-11-15-19-23-27-42(44)47-33-39(37(7)8)31-29-35(3)4;10-6-2-1-3-9-4-7-11-8-5-9/h34-40H,10-33H2,1-9H3;6H,1-5,7-8H2. The third-order valence-electron chi connectivity index (χ3n) is 12.1. The van der Waals surface area contributed by atoms with Gasteiger partial charge in [0.2, 0.25) is 0 Å². The van der Waals surface area contributed by atoms with E-state index in [4.69, 9.17) is 18.9 Å². The van der Waals surface area contributed by atoms with Crippen LogP contribution in [0.5, 0.6) is 0 Å². The molecule has 0 aromatic carbocycles. The lowest BCUT2D eigenvalue weighted by Crippen LogP contribution is -2.36. The largest absolute Gasteiger partial charge is 0.465 e. The number of carbonyl (C=O) groups excluding carboxylic acids is 3. The smallest absolute Gasteiger partial charge is 0.305 e. The molecule has 1 aliphatic heterocycles. The maximum atomic E-state index is 12.2. The number of hydrogen-bond acceptors (Lipinski definition) is 8. The van der Waals surface area contributed by atoms with Gasteiger partial charge in [-0.1, -0.05) is 145 Å². The highest BCUT2D eigenvalue weighted by atomic mass is 16.5. The number of aldehydes is 1. The molecule has 0 N–H and O–H groups in total. The fourth-order valence-electron chi connectivity index (χ4n) is 7.51. The Kier molecular flexibility index (Phi) is 38.6. The zero-order chi connectivity index (χ0) is 43.2. The van der Waals surface area contributed by atoms with Crippen LogP contribution >= 0.6 is 0 Å². The molecule has 0 amide bonds. The van der Waals surface area contributed by atoms with Gasteiger partial charge in [-0.2, -0.15) is 0 Å². The Bertz CT molecular complexity index is 875. The van der Waals surface area contributed by atoms with Crippen LogP contribution in [0, 0.1) is 35.5 Å². The fourth-order valence-corrected chi connectivity index (χ4v) is 7.51. The molecule has 8 nitrogen and oxygen atoms in total. The Morgan fingerprint density at radius 2 is 0.948 bits per heavy atom. The minimum Gasteiger partial charge on any atom is -0.465 e. The summed E-state index contributed by atoms with van der Waals surface area (Å²) in [4.78, 5) is 36.7. The highest BCUT2D eigenvalue weighted by Crippen LogP contribution is 2.23. The van der Waals surface area contributed by atoms with Gasteiger partial charge in [0.15, 0.2) is 0 Å². The van der Waals surface area contributed by atoms with Crippen LogP contribution in [0.25, 0.3) is 0 Å². The van der Waals surface area contributed by atoms with E-state index in [1.54, 1.807) is 0 Å². The molecule has 0 aliphatic carbocycles. The van der Waals surface area contributed by atoms with Crippen LogP contribution < -0.4 is 0 Å². The fraction of sp³-hybridized carbons (Fsp3) is 0.940. The second-order valence-corrected chi connectivity index (χ2v) is 19.0. The first-order chi connectivity index (χ1) is 27.9. The van der Waals surface area contributed by atoms with Crippen LogP contribution in [0.1, 0.15) is 209 Å². The molecule has 1 fully saturated rings. The number of unbranched alkanes of at least 4 members (excludes halogenated alkanes) is 13. The number of hydrogen-bond donors (Lipinski definition) is 0. The highest BCUT2D eigenvalue weighted by Gasteiger charge is 2.18. The topological polar surface area (TPSA) is 91.4 Å². The van der Waals surface area contributed by atoms with Gasteiger partial charge in [-0.15, -0.1) is 0 Å². The normalized spacial score (nSPS) is 15.1. The minimum atomic E-state index is -0.0114. The Balaban J connectivity index is 0.00000252. The average molecular weight is 824 g/mol. The van der Waals surface area contributed by atoms with Gasteiger partial charge in [-0.05, 0) is 87.0 Å². The maximum Gasteiger partial charge on any atom is 0.305 e. The van der Waals surface area contributed by atoms with E-state index in [9.17, 15) is 14.4 Å². The van der Waals surface area contributed by atoms with Crippen molar-refractivity contribution in [3.05, 3.63) is 0 Å². The van der Waals surface area contributed by atoms with E-state index >= 15 is 0 Å². The molecule has 1 aliphatic rings. The number of methoxy groups -OCH3 is 1. The Morgan fingerprint density at radius 3 is 1.31 bits per heavy atom. The van der Waals surface area contributed by atoms with Crippen molar-refractivity contribution in [1.29, 1.82) is 0 Å². The van der Waals surface area contributed by atoms with Crippen LogP contribution in [0.4, 0.5) is 0 Å². The Morgan fingerprint density at radius 1 is 0.552 bits per heavy atom. The second kappa shape index (κ2) is 39.6. The molecule has 2 unspecified atom stereocenters. The van der Waals surface area contributed by atoms with Crippen molar-refractivity contribution in [3.63, 3.8) is 0 Å². The third-order valence-corrected chi connectivity index (χ3v) is 12.1. The number of rotatable bonds is 37. The molecule has 0 radical (unpaired) electrons. The number of nitrogens with zero attached hydrogens (tertiary/aromatic N) is 1. The lowest BCUT2D eigenvalue weighted by Gasteiger charge is -2.26. The van der Waals surface area contributed by atoms with Gasteiger partial charge in [0.05, 0.1) is 32.5 Å². The van der Waals surface area contributed by atoms with Gasteiger partial charge in [-0.3, -0.25) is 14.5 Å². The first-order valence-corrected chi connectivity index (χ1v) is 24.5. The van der Waals surface area contributed by atoms with Gasteiger partial charge < -0.3 is 23.7 Å². The van der Waals surface area contributed by atoms with E-state index in [0.717, 1.165) is 84.1 Å². The van der Waals surface area contributed by atoms with Crippen molar-refractivity contribution in [1.82, 2.24) is 4.90 Å². The lowest BCUT2D eigenvalue weighted by molar-refractivity contribution is -0.146. The van der Waals surface area contributed by atoms with Crippen LogP contribution in [0.2, 0.25) is 0 Å². The van der Waals surface area contributed by atoms with Crippen molar-refractivity contribution >= 4 is 18.2 Å². The summed E-state index contributed by atoms with van der Waals surface area (Å²) < 4.78 is 22.2. The predicted molar refractivity (Wildman–Crippen MR) is 243 cm³/mol. The molecular weight excluding hydrogens is 727 g/mol. The highest BCUT2D eigenvalue weighted by molar-refractivity contribution is 5.69. The van der Waals surface area contributed by atoms with E-state index in [2.05, 4.69) is 60.3 Å². The maximum absolute atomic E-state index is 12.2. The van der Waals surface area contributed by atoms with Crippen molar-refractivity contribution in [2.45, 2.75) is 216 Å². The number of ether oxygens (including phenoxy) is 4. The molecule has 0 saturated carbocycles. The summed E-state index contributed by atoms with van der Waals surface area (Å²) in [5.74, 6) is 3.47. The minimum absolute atomic E-state index is 0.0114. The molecule has 1 rings (SSSR count). The monoisotopic (exact) mass is 824 g/mol. The average Bonchev–Trinajstić information content (AvgIpc) is 3.18. The predicted octanol–water partition coefficient (Wildman–Crippen LogP) is 12.8. The van der Waals surface area contributed by atoms with E-state index in [1.165, 1.54) is 89.9 Å². The first kappa shape index (κ1) is 56.5. The zero-order valence-corrected chi connectivity index (χ0v) is 39.8. The van der Waals surface area contributed by atoms with E-state index < -0.39 is 0 Å². The van der Waals surface area contributed by atoms with Gasteiger partial charge in [0, 0.05) is 39.5 Å². The second-order valence-electron chi connectivity index (χ2n) is 19.0. The van der Waals surface area contributed by atoms with E-state index in [-0.39, 0.29) is 11.9 Å². The lowest BCUT2D eigenvalue weighted by atomic mass is 9.89. The number of carbonyl (C=O) groups is 3. The first-order valence-electron chi connectivity index (χ1n) is 24.5. The summed E-state index contributed by atoms with van der Waals surface area (Å²) in [5.41, 5.74) is 0. The summed E-state index contributed by atoms with van der Waals surface area (Å²) in [7, 11) is 1.87. The van der Waals surface area contributed by atoms with Crippen molar-refractivity contribution in [2.24, 2.45) is 35.5 Å². The summed E-state index contributed by atoms with van der Waals surface area (Å²) >= 11 is 0. The van der Waals surface area contributed by atoms with Crippen LogP contribution in [0.3, 0.4) is 0 Å². The van der Waals surface area contributed by atoms with E-state index in [1.807, 2.05) is 7.11 Å². The quantitative estimate of drug-likeness (QED) is 0.0347. The molecule has 0 bridgehead atoms. The molecule has 0 spiro atoms. The summed E-state index contributed by atoms with van der Waals surface area (Å²) in [5, 5.41) is 0. The van der Waals surface area contributed by atoms with Crippen LogP contribution in [-0.4, -0.2) is 82.4 Å². The molecule has 1 saturated heterocycles. The molecule has 344 valence electrons. The van der Waals surface area contributed by atoms with Gasteiger partial charge in [0.1, 0.15) is 6.29 Å². The van der Waals surface area contributed by atoms with Gasteiger partial charge >= 0.3 is 11.9 Å². The molecule has 0 aromatic rings. The van der Waals surface area contributed by atoms with E-state index in [0.29, 0.717) is 74.1 Å². The summed E-state index contributed by atoms with van der Waals surface area (Å²) in [6.45, 7) is 24.0. The van der Waals surface area contributed by atoms with Crippen molar-refractivity contribution in [3.8, 4) is 0 Å². The Labute approximate surface area is 359 Å². The molecular formula is C50H97NO7. The van der Waals surface area contributed by atoms with Crippen LogP contribution in [0.15, 0.2) is 0 Å². The summed E-state index contributed by atoms with van der Waals surface area (Å²) in [6, 6.07) is 0. The van der Waals surface area contributed by atoms with Crippen LogP contribution in [-0.2, 0) is 33.3 Å². The van der Waals surface area contributed by atoms with Crippen molar-refractivity contribution in [2.75, 3.05) is 53.2 Å². The summed E-state index contributed by atoms with van der Waals surface area (Å²) in [6.07, 6.45) is 28.0. The molecule has 1 heterocycles. The molecule has 8 heteroatoms. The Hall–Kier alpha value is -1.51. The van der Waals surface area contributed by atoms with Crippen molar-refractivity contribution < 1.29 is 33.3 Å². The molecule has 0 aromatic heterocycles. The SMILES string of the molecule is COC(CCCCCCCCCC(=O)OCC(CCC(C)C)C(C)C)CCCCCCCCCC(=O)OCC(CCC(C)C)C(C)C.O=CCCCN1CCOCC1. The zero-order valence-electron chi connectivity index (χ0n) is 39.8. The molecule has 58 heavy (non-hydrogen) atoms. The third kappa shape index (κ3) is 36.4. The number of morpholine rings is 1. The number of esters is 2. The molecule has 2 atom stereocenters. The van der Waals surface area contributed by atoms with Gasteiger partial charge in [-0.25, -0.2) is 0 Å².